The molecule has 136 valence electrons. The molecule has 0 aromatic heterocycles. The molecule has 0 spiro atoms. The summed E-state index contributed by atoms with van der Waals surface area (Å²) >= 11 is 0. The zero-order chi connectivity index (χ0) is 18.3. The van der Waals surface area contributed by atoms with Crippen LogP contribution in [0, 0.1) is 11.8 Å². The lowest BCUT2D eigenvalue weighted by Gasteiger charge is -2.29. The fraction of sp³-hybridized carbons (Fsp3) is 0.550. The fourth-order valence-electron chi connectivity index (χ4n) is 2.63. The first kappa shape index (κ1) is 19.5. The van der Waals surface area contributed by atoms with E-state index in [0.717, 1.165) is 38.4 Å². The van der Waals surface area contributed by atoms with Crippen molar-refractivity contribution in [3.05, 3.63) is 35.4 Å². The Morgan fingerprint density at radius 1 is 1.36 bits per heavy atom. The van der Waals surface area contributed by atoms with Crippen LogP contribution in [0.5, 0.6) is 0 Å². The van der Waals surface area contributed by atoms with Crippen LogP contribution in [0.3, 0.4) is 0 Å². The predicted molar refractivity (Wildman–Crippen MR) is 98.5 cm³/mol. The van der Waals surface area contributed by atoms with Crippen molar-refractivity contribution < 1.29 is 14.6 Å². The molecule has 25 heavy (non-hydrogen) atoms. The average Bonchev–Trinajstić information content (AvgIpc) is 2.61. The maximum atomic E-state index is 12.8. The number of nitrogens with zero attached hydrogens (tertiary/aromatic N) is 2. The molecule has 1 aromatic rings. The first-order valence-corrected chi connectivity index (χ1v) is 8.84. The van der Waals surface area contributed by atoms with Gasteiger partial charge in [0.15, 0.2) is 0 Å². The van der Waals surface area contributed by atoms with E-state index in [-0.39, 0.29) is 5.91 Å². The smallest absolute Gasteiger partial charge is 0.253 e. The second-order valence-electron chi connectivity index (χ2n) is 6.73. The molecule has 1 fully saturated rings. The van der Waals surface area contributed by atoms with Crippen molar-refractivity contribution in [3.8, 4) is 11.8 Å². The summed E-state index contributed by atoms with van der Waals surface area (Å²) in [6, 6.07) is 7.28. The molecule has 0 atom stereocenters. The lowest BCUT2D eigenvalue weighted by Crippen LogP contribution is -2.43. The summed E-state index contributed by atoms with van der Waals surface area (Å²) in [5.41, 5.74) is 0.316. The van der Waals surface area contributed by atoms with Gasteiger partial charge in [-0.05, 0) is 39.0 Å². The molecule has 1 aromatic carbocycles. The number of aliphatic hydroxyl groups is 1. The van der Waals surface area contributed by atoms with Crippen molar-refractivity contribution in [1.82, 2.24) is 9.80 Å². The molecule has 1 amide bonds. The van der Waals surface area contributed by atoms with Crippen LogP contribution >= 0.6 is 0 Å². The summed E-state index contributed by atoms with van der Waals surface area (Å²) in [4.78, 5) is 17.0. The monoisotopic (exact) mass is 344 g/mol. The molecular weight excluding hydrogens is 316 g/mol. The molecule has 1 heterocycles. The first-order chi connectivity index (χ1) is 11.9. The minimum atomic E-state index is -1.05. The average molecular weight is 344 g/mol. The Morgan fingerprint density at radius 3 is 2.72 bits per heavy atom. The van der Waals surface area contributed by atoms with E-state index in [1.54, 1.807) is 19.9 Å². The van der Waals surface area contributed by atoms with Crippen LogP contribution in [0.15, 0.2) is 24.3 Å². The lowest BCUT2D eigenvalue weighted by molar-refractivity contribution is 0.0328. The van der Waals surface area contributed by atoms with Gasteiger partial charge >= 0.3 is 0 Å². The van der Waals surface area contributed by atoms with E-state index in [0.29, 0.717) is 18.7 Å². The van der Waals surface area contributed by atoms with Crippen molar-refractivity contribution in [3.63, 3.8) is 0 Å². The summed E-state index contributed by atoms with van der Waals surface area (Å²) in [6.45, 7) is 10.9. The van der Waals surface area contributed by atoms with E-state index in [1.165, 1.54) is 0 Å². The minimum Gasteiger partial charge on any atom is -0.379 e. The van der Waals surface area contributed by atoms with Gasteiger partial charge in [0.2, 0.25) is 0 Å². The number of amides is 1. The molecule has 0 unspecified atom stereocenters. The Balaban J connectivity index is 2.02. The van der Waals surface area contributed by atoms with Gasteiger partial charge in [-0.3, -0.25) is 9.69 Å². The Bertz CT molecular complexity index is 634. The molecule has 1 saturated heterocycles. The van der Waals surface area contributed by atoms with Gasteiger partial charge in [0.25, 0.3) is 5.91 Å². The highest BCUT2D eigenvalue weighted by Crippen LogP contribution is 2.09. The number of morpholine rings is 1. The zero-order valence-corrected chi connectivity index (χ0v) is 15.4. The first-order valence-electron chi connectivity index (χ1n) is 8.84. The fourth-order valence-corrected chi connectivity index (χ4v) is 2.63. The van der Waals surface area contributed by atoms with Crippen LogP contribution in [-0.2, 0) is 4.74 Å². The molecule has 5 nitrogen and oxygen atoms in total. The van der Waals surface area contributed by atoms with Crippen LogP contribution < -0.4 is 0 Å². The Labute approximate surface area is 150 Å². The van der Waals surface area contributed by atoms with Gasteiger partial charge in [0.05, 0.1) is 13.2 Å². The molecule has 1 N–H and O–H groups in total. The third-order valence-electron chi connectivity index (χ3n) is 4.08. The number of carbonyl (C=O) groups is 1. The van der Waals surface area contributed by atoms with E-state index < -0.39 is 5.60 Å². The second-order valence-corrected chi connectivity index (χ2v) is 6.73. The van der Waals surface area contributed by atoms with Crippen LogP contribution in [0.4, 0.5) is 0 Å². The topological polar surface area (TPSA) is 53.0 Å². The number of rotatable bonds is 5. The number of likely N-dealkylation sites (N-methyl/N-ethyl adjacent to an activating group) is 1. The Kier molecular flexibility index (Phi) is 7.01. The highest BCUT2D eigenvalue weighted by molar-refractivity contribution is 5.94. The Morgan fingerprint density at radius 2 is 2.08 bits per heavy atom. The lowest BCUT2D eigenvalue weighted by atomic mass is 10.1. The van der Waals surface area contributed by atoms with Crippen molar-refractivity contribution in [2.45, 2.75) is 26.4 Å². The van der Waals surface area contributed by atoms with Crippen LogP contribution in [-0.4, -0.2) is 72.4 Å². The predicted octanol–water partition coefficient (Wildman–Crippen LogP) is 1.60. The highest BCUT2D eigenvalue weighted by atomic mass is 16.5. The van der Waals surface area contributed by atoms with E-state index in [9.17, 15) is 9.90 Å². The summed E-state index contributed by atoms with van der Waals surface area (Å²) in [7, 11) is 0. The minimum absolute atomic E-state index is 0.0164. The van der Waals surface area contributed by atoms with Gasteiger partial charge in [-0.2, -0.15) is 0 Å². The number of hydrogen-bond acceptors (Lipinski definition) is 4. The maximum absolute atomic E-state index is 12.8. The zero-order valence-electron chi connectivity index (χ0n) is 15.4. The van der Waals surface area contributed by atoms with Gasteiger partial charge in [0, 0.05) is 43.9 Å². The summed E-state index contributed by atoms with van der Waals surface area (Å²) in [5.74, 6) is 5.72. The quantitative estimate of drug-likeness (QED) is 0.825. The molecule has 1 aliphatic heterocycles. The molecular formula is C20H28N2O3. The molecule has 0 aliphatic carbocycles. The largest absolute Gasteiger partial charge is 0.379 e. The molecule has 5 heteroatoms. The summed E-state index contributed by atoms with van der Waals surface area (Å²) < 4.78 is 5.36. The van der Waals surface area contributed by atoms with E-state index >= 15 is 0 Å². The van der Waals surface area contributed by atoms with Crippen molar-refractivity contribution in [2.75, 3.05) is 45.9 Å². The maximum Gasteiger partial charge on any atom is 0.253 e. The third kappa shape index (κ3) is 6.50. The molecule has 2 rings (SSSR count). The molecule has 0 bridgehead atoms. The number of ether oxygens (including phenoxy) is 1. The van der Waals surface area contributed by atoms with Gasteiger partial charge in [0.1, 0.15) is 5.60 Å². The van der Waals surface area contributed by atoms with Crippen molar-refractivity contribution >= 4 is 5.91 Å². The summed E-state index contributed by atoms with van der Waals surface area (Å²) in [6.07, 6.45) is 0. The van der Waals surface area contributed by atoms with Gasteiger partial charge in [-0.25, -0.2) is 0 Å². The van der Waals surface area contributed by atoms with Crippen LogP contribution in [0.25, 0.3) is 0 Å². The number of benzene rings is 1. The van der Waals surface area contributed by atoms with Gasteiger partial charge in [-0.15, -0.1) is 0 Å². The van der Waals surface area contributed by atoms with E-state index in [2.05, 4.69) is 16.7 Å². The van der Waals surface area contributed by atoms with E-state index in [1.807, 2.05) is 30.0 Å². The third-order valence-corrected chi connectivity index (χ3v) is 4.08. The molecule has 0 saturated carbocycles. The van der Waals surface area contributed by atoms with Crippen LogP contribution in [0.2, 0.25) is 0 Å². The summed E-state index contributed by atoms with van der Waals surface area (Å²) in [5, 5.41) is 9.72. The normalized spacial score (nSPS) is 15.4. The van der Waals surface area contributed by atoms with Crippen molar-refractivity contribution in [2.24, 2.45) is 0 Å². The number of hydrogen-bond donors (Lipinski definition) is 1. The molecule has 1 aliphatic rings. The standard InChI is InChI=1S/C20H28N2O3/c1-4-22(11-10-21-12-14-25-15-13-21)19(23)18-7-5-6-17(16-18)8-9-20(2,3)24/h5-7,16,24H,4,10-15H2,1-3H3. The van der Waals surface area contributed by atoms with Gasteiger partial charge < -0.3 is 14.7 Å². The van der Waals surface area contributed by atoms with Gasteiger partial charge in [-0.1, -0.05) is 17.9 Å². The number of carbonyl (C=O) groups excluding carboxylic acids is 1. The van der Waals surface area contributed by atoms with Crippen LogP contribution in [0.1, 0.15) is 36.7 Å². The Hall–Kier alpha value is -1.87. The highest BCUT2D eigenvalue weighted by Gasteiger charge is 2.17. The van der Waals surface area contributed by atoms with E-state index in [4.69, 9.17) is 4.74 Å². The van der Waals surface area contributed by atoms with Crippen molar-refractivity contribution in [1.29, 1.82) is 0 Å². The second kappa shape index (κ2) is 9.00. The molecule has 0 radical (unpaired) electrons. The SMILES string of the molecule is CCN(CCN1CCOCC1)C(=O)c1cccc(C#CC(C)(C)O)c1.